The van der Waals surface area contributed by atoms with E-state index in [4.69, 9.17) is 9.37 Å². The molecule has 3 aromatic rings. The molecule has 0 aliphatic carbocycles. The highest BCUT2D eigenvalue weighted by Gasteiger charge is 2.18. The molecule has 2 aromatic heterocycles. The van der Waals surface area contributed by atoms with Crippen LogP contribution >= 0.6 is 11.3 Å². The average molecular weight is 344 g/mol. The number of aromatic nitrogens is 3. The first kappa shape index (κ1) is 16.1. The van der Waals surface area contributed by atoms with Gasteiger partial charge in [-0.15, -0.1) is 11.3 Å². The van der Waals surface area contributed by atoms with Crippen molar-refractivity contribution in [1.29, 1.82) is 0 Å². The van der Waals surface area contributed by atoms with Gasteiger partial charge in [0.05, 0.1) is 0 Å². The van der Waals surface area contributed by atoms with E-state index >= 15 is 0 Å². The second kappa shape index (κ2) is 6.79. The topological polar surface area (TPSA) is 90.1 Å². The lowest BCUT2D eigenvalue weighted by Gasteiger charge is -2.10. The summed E-state index contributed by atoms with van der Waals surface area (Å²) in [5.74, 6) is 0.569. The first-order valence-corrected chi connectivity index (χ1v) is 8.16. The summed E-state index contributed by atoms with van der Waals surface area (Å²) in [6.07, 6.45) is 0. The number of carbonyl (C=O) groups is 1. The summed E-state index contributed by atoms with van der Waals surface area (Å²) >= 11 is 1.41. The van der Waals surface area contributed by atoms with Crippen molar-refractivity contribution in [2.75, 3.05) is 11.9 Å². The Labute approximate surface area is 142 Å². The van der Waals surface area contributed by atoms with Crippen molar-refractivity contribution in [3.63, 3.8) is 0 Å². The first-order valence-electron chi connectivity index (χ1n) is 7.28. The van der Waals surface area contributed by atoms with Gasteiger partial charge in [-0.05, 0) is 48.3 Å². The van der Waals surface area contributed by atoms with Gasteiger partial charge >= 0.3 is 0 Å². The second-order valence-corrected chi connectivity index (χ2v) is 6.15. The Kier molecular flexibility index (Phi) is 4.57. The lowest BCUT2D eigenvalue weighted by Crippen LogP contribution is -2.21. The molecule has 3 rings (SSSR count). The Morgan fingerprint density at radius 1 is 1.29 bits per heavy atom. The van der Waals surface area contributed by atoms with Crippen LogP contribution in [0.5, 0.6) is 5.75 Å². The molecule has 0 fully saturated rings. The van der Waals surface area contributed by atoms with E-state index < -0.39 is 0 Å². The molecule has 1 amide bonds. The number of hydrogen-bond acceptors (Lipinski definition) is 7. The van der Waals surface area contributed by atoms with E-state index in [-0.39, 0.29) is 18.3 Å². The van der Waals surface area contributed by atoms with Crippen LogP contribution in [0.15, 0.2) is 28.2 Å². The van der Waals surface area contributed by atoms with Crippen molar-refractivity contribution in [1.82, 2.24) is 15.3 Å². The van der Waals surface area contributed by atoms with Crippen LogP contribution in [0.2, 0.25) is 0 Å². The number of benzene rings is 1. The van der Waals surface area contributed by atoms with E-state index in [9.17, 15) is 4.79 Å². The highest BCUT2D eigenvalue weighted by molar-refractivity contribution is 7.13. The SMILES string of the molecule is Cc1csc(-c2nonc2NC(=O)COc2cccc(C)c2C)n1. The van der Waals surface area contributed by atoms with Crippen molar-refractivity contribution >= 4 is 23.1 Å². The van der Waals surface area contributed by atoms with E-state index in [1.165, 1.54) is 11.3 Å². The lowest BCUT2D eigenvalue weighted by molar-refractivity contribution is -0.118. The molecule has 0 atom stereocenters. The number of nitrogens with zero attached hydrogens (tertiary/aromatic N) is 3. The molecule has 0 unspecified atom stereocenters. The van der Waals surface area contributed by atoms with Crippen LogP contribution in [-0.4, -0.2) is 27.8 Å². The van der Waals surface area contributed by atoms with Gasteiger partial charge in [0, 0.05) is 11.1 Å². The molecule has 24 heavy (non-hydrogen) atoms. The molecular formula is C16H16N4O3S. The fraction of sp³-hybridized carbons (Fsp3) is 0.250. The van der Waals surface area contributed by atoms with E-state index in [1.807, 2.05) is 44.4 Å². The van der Waals surface area contributed by atoms with Crippen molar-refractivity contribution in [3.8, 4) is 16.5 Å². The number of carbonyl (C=O) groups excluding carboxylic acids is 1. The monoisotopic (exact) mass is 344 g/mol. The van der Waals surface area contributed by atoms with Crippen molar-refractivity contribution in [3.05, 3.63) is 40.4 Å². The van der Waals surface area contributed by atoms with Crippen LogP contribution in [0, 0.1) is 20.8 Å². The Morgan fingerprint density at radius 3 is 2.88 bits per heavy atom. The molecule has 0 aliphatic rings. The fourth-order valence-electron chi connectivity index (χ4n) is 2.07. The zero-order valence-electron chi connectivity index (χ0n) is 13.5. The number of thiazole rings is 1. The van der Waals surface area contributed by atoms with Gasteiger partial charge in [0.15, 0.2) is 12.3 Å². The number of hydrogen-bond donors (Lipinski definition) is 1. The van der Waals surface area contributed by atoms with Gasteiger partial charge in [0.2, 0.25) is 5.82 Å². The molecule has 0 aliphatic heterocycles. The minimum Gasteiger partial charge on any atom is -0.483 e. The zero-order valence-corrected chi connectivity index (χ0v) is 14.3. The quantitative estimate of drug-likeness (QED) is 0.765. The van der Waals surface area contributed by atoms with Crippen LogP contribution in [0.4, 0.5) is 5.82 Å². The Morgan fingerprint density at radius 2 is 2.12 bits per heavy atom. The van der Waals surface area contributed by atoms with Gasteiger partial charge in [-0.2, -0.15) is 0 Å². The van der Waals surface area contributed by atoms with Gasteiger partial charge in [-0.3, -0.25) is 4.79 Å². The lowest BCUT2D eigenvalue weighted by atomic mass is 10.1. The molecule has 0 saturated heterocycles. The number of anilines is 1. The highest BCUT2D eigenvalue weighted by Crippen LogP contribution is 2.27. The molecule has 0 saturated carbocycles. The number of amides is 1. The summed E-state index contributed by atoms with van der Waals surface area (Å²) in [4.78, 5) is 16.4. The fourth-order valence-corrected chi connectivity index (χ4v) is 2.84. The molecule has 124 valence electrons. The number of nitrogens with one attached hydrogen (secondary N) is 1. The molecule has 7 nitrogen and oxygen atoms in total. The summed E-state index contributed by atoms with van der Waals surface area (Å²) in [7, 11) is 0. The maximum atomic E-state index is 12.1. The van der Waals surface area contributed by atoms with Crippen molar-refractivity contribution in [2.24, 2.45) is 0 Å². The molecule has 1 N–H and O–H groups in total. The third-order valence-corrected chi connectivity index (χ3v) is 4.45. The average Bonchev–Trinajstić information content (AvgIpc) is 3.17. The van der Waals surface area contributed by atoms with E-state index in [0.29, 0.717) is 16.5 Å². The Hall–Kier alpha value is -2.74. The summed E-state index contributed by atoms with van der Waals surface area (Å²) in [5, 5.41) is 12.7. The largest absolute Gasteiger partial charge is 0.483 e. The van der Waals surface area contributed by atoms with Crippen LogP contribution in [-0.2, 0) is 4.79 Å². The molecule has 1 aromatic carbocycles. The molecule has 0 spiro atoms. The molecule has 0 bridgehead atoms. The smallest absolute Gasteiger partial charge is 0.263 e. The summed E-state index contributed by atoms with van der Waals surface area (Å²) in [6.45, 7) is 5.69. The van der Waals surface area contributed by atoms with Crippen LogP contribution in [0.25, 0.3) is 10.7 Å². The van der Waals surface area contributed by atoms with Crippen LogP contribution in [0.1, 0.15) is 16.8 Å². The third kappa shape index (κ3) is 3.43. The normalized spacial score (nSPS) is 10.6. The third-order valence-electron chi connectivity index (χ3n) is 3.48. The number of ether oxygens (including phenoxy) is 1. The standard InChI is InChI=1S/C16H16N4O3S/c1-9-5-4-6-12(11(9)3)22-7-13(21)18-15-14(19-23-20-15)16-17-10(2)8-24-16/h4-6,8H,7H2,1-3H3,(H,18,20,21). The highest BCUT2D eigenvalue weighted by atomic mass is 32.1. The van der Waals surface area contributed by atoms with Gasteiger partial charge in [0.25, 0.3) is 5.91 Å². The maximum Gasteiger partial charge on any atom is 0.263 e. The maximum absolute atomic E-state index is 12.1. The molecular weight excluding hydrogens is 328 g/mol. The zero-order chi connectivity index (χ0) is 17.1. The van der Waals surface area contributed by atoms with E-state index in [0.717, 1.165) is 16.8 Å². The number of rotatable bonds is 5. The van der Waals surface area contributed by atoms with Crippen molar-refractivity contribution in [2.45, 2.75) is 20.8 Å². The van der Waals surface area contributed by atoms with Gasteiger partial charge < -0.3 is 10.1 Å². The van der Waals surface area contributed by atoms with Crippen LogP contribution in [0.3, 0.4) is 0 Å². The summed E-state index contributed by atoms with van der Waals surface area (Å²) in [5.41, 5.74) is 3.39. The molecule has 0 radical (unpaired) electrons. The van der Waals surface area contributed by atoms with E-state index in [2.05, 4.69) is 20.6 Å². The first-order chi connectivity index (χ1) is 11.5. The predicted octanol–water partition coefficient (Wildman–Crippen LogP) is 3.14. The number of aryl methyl sites for hydroxylation is 2. The Balaban J connectivity index is 1.66. The van der Waals surface area contributed by atoms with Gasteiger partial charge in [-0.1, -0.05) is 12.1 Å². The Bertz CT molecular complexity index is 872. The van der Waals surface area contributed by atoms with Crippen LogP contribution < -0.4 is 10.1 Å². The van der Waals surface area contributed by atoms with E-state index in [1.54, 1.807) is 0 Å². The minimum absolute atomic E-state index is 0.131. The van der Waals surface area contributed by atoms with Crippen molar-refractivity contribution < 1.29 is 14.2 Å². The summed E-state index contributed by atoms with van der Waals surface area (Å²) in [6, 6.07) is 5.71. The molecule has 8 heteroatoms. The second-order valence-electron chi connectivity index (χ2n) is 5.29. The summed E-state index contributed by atoms with van der Waals surface area (Å²) < 4.78 is 10.3. The predicted molar refractivity (Wildman–Crippen MR) is 90.2 cm³/mol. The minimum atomic E-state index is -0.346. The van der Waals surface area contributed by atoms with Gasteiger partial charge in [0.1, 0.15) is 10.8 Å². The van der Waals surface area contributed by atoms with Gasteiger partial charge in [-0.25, -0.2) is 9.61 Å². The molecule has 2 heterocycles.